The lowest BCUT2D eigenvalue weighted by Gasteiger charge is -2.07. The van der Waals surface area contributed by atoms with Gasteiger partial charge in [0.05, 0.1) is 11.0 Å². The highest BCUT2D eigenvalue weighted by Gasteiger charge is 2.16. The fraction of sp³-hybridized carbons (Fsp3) is 0. The molecule has 1 aromatic heterocycles. The topological polar surface area (TPSA) is 45.4 Å². The van der Waals surface area contributed by atoms with E-state index in [1.807, 2.05) is 36.4 Å². The van der Waals surface area contributed by atoms with E-state index in [1.54, 1.807) is 6.07 Å². The van der Waals surface area contributed by atoms with Gasteiger partial charge in [0.25, 0.3) is 0 Å². The fourth-order valence-corrected chi connectivity index (χ4v) is 3.39. The molecule has 0 unspecified atom stereocenters. The second-order valence-electron chi connectivity index (χ2n) is 5.48. The van der Waals surface area contributed by atoms with Crippen molar-refractivity contribution >= 4 is 50.3 Å². The minimum Gasteiger partial charge on any atom is -0.423 e. The maximum Gasteiger partial charge on any atom is 0.488 e. The summed E-state index contributed by atoms with van der Waals surface area (Å²) in [6, 6.07) is 21.8. The van der Waals surface area contributed by atoms with Crippen LogP contribution in [-0.4, -0.2) is 21.7 Å². The van der Waals surface area contributed by atoms with Crippen molar-refractivity contribution in [2.75, 3.05) is 0 Å². The van der Waals surface area contributed by atoms with Crippen molar-refractivity contribution in [1.29, 1.82) is 0 Å². The second kappa shape index (κ2) is 5.53. The third-order valence-corrected chi connectivity index (χ3v) is 4.56. The van der Waals surface area contributed by atoms with Crippen LogP contribution in [0.25, 0.3) is 27.5 Å². The summed E-state index contributed by atoms with van der Waals surface area (Å²) in [5, 5.41) is 21.0. The van der Waals surface area contributed by atoms with Gasteiger partial charge in [-0.1, -0.05) is 46.3 Å². The maximum absolute atomic E-state index is 9.47. The van der Waals surface area contributed by atoms with Gasteiger partial charge < -0.3 is 14.6 Å². The molecule has 0 bridgehead atoms. The number of halogens is 1. The molecule has 3 aromatic carbocycles. The molecule has 0 aliphatic rings. The third-order valence-electron chi connectivity index (χ3n) is 4.06. The zero-order chi connectivity index (χ0) is 16.0. The van der Waals surface area contributed by atoms with Crippen molar-refractivity contribution in [2.45, 2.75) is 0 Å². The molecule has 3 nitrogen and oxygen atoms in total. The van der Waals surface area contributed by atoms with Crippen molar-refractivity contribution < 1.29 is 10.0 Å². The molecule has 2 N–H and O–H groups in total. The maximum atomic E-state index is 9.47. The van der Waals surface area contributed by atoms with Gasteiger partial charge in [-0.25, -0.2) is 0 Å². The standard InChI is InChI=1S/C18H13BBrNO2/c20-13-7-9-18-16(11-13)15-10-12(19(22)23)6-8-17(15)21(18)14-4-2-1-3-5-14/h1-11,22-23H. The molecule has 0 aliphatic carbocycles. The van der Waals surface area contributed by atoms with Gasteiger partial charge in [-0.3, -0.25) is 0 Å². The Morgan fingerprint density at radius 2 is 1.43 bits per heavy atom. The van der Waals surface area contributed by atoms with Crippen LogP contribution in [0.3, 0.4) is 0 Å². The van der Waals surface area contributed by atoms with Gasteiger partial charge in [-0.2, -0.15) is 0 Å². The van der Waals surface area contributed by atoms with E-state index in [0.717, 1.165) is 32.0 Å². The van der Waals surface area contributed by atoms with Crippen LogP contribution >= 0.6 is 15.9 Å². The summed E-state index contributed by atoms with van der Waals surface area (Å²) in [6.07, 6.45) is 0. The van der Waals surface area contributed by atoms with Crippen molar-refractivity contribution in [3.63, 3.8) is 0 Å². The van der Waals surface area contributed by atoms with Crippen LogP contribution < -0.4 is 5.46 Å². The Labute approximate surface area is 142 Å². The molecule has 5 heteroatoms. The fourth-order valence-electron chi connectivity index (χ4n) is 3.03. The first-order chi connectivity index (χ1) is 11.1. The molecule has 1 heterocycles. The molecule has 4 aromatic rings. The summed E-state index contributed by atoms with van der Waals surface area (Å²) in [5.74, 6) is 0. The molecule has 0 saturated carbocycles. The molecule has 4 rings (SSSR count). The predicted octanol–water partition coefficient (Wildman–Crippen LogP) is 3.23. The average Bonchev–Trinajstić information content (AvgIpc) is 2.88. The molecule has 112 valence electrons. The Morgan fingerprint density at radius 1 is 0.783 bits per heavy atom. The van der Waals surface area contributed by atoms with Crippen LogP contribution in [0.15, 0.2) is 71.2 Å². The Balaban J connectivity index is 2.16. The zero-order valence-electron chi connectivity index (χ0n) is 12.1. The zero-order valence-corrected chi connectivity index (χ0v) is 13.7. The van der Waals surface area contributed by atoms with E-state index in [9.17, 15) is 10.0 Å². The van der Waals surface area contributed by atoms with E-state index in [0.29, 0.717) is 5.46 Å². The van der Waals surface area contributed by atoms with Crippen molar-refractivity contribution in [3.8, 4) is 5.69 Å². The number of hydrogen-bond donors (Lipinski definition) is 2. The first-order valence-electron chi connectivity index (χ1n) is 7.30. The lowest BCUT2D eigenvalue weighted by Crippen LogP contribution is -2.29. The van der Waals surface area contributed by atoms with Crippen molar-refractivity contribution in [3.05, 3.63) is 71.2 Å². The van der Waals surface area contributed by atoms with Crippen LogP contribution in [0.2, 0.25) is 0 Å². The van der Waals surface area contributed by atoms with Crippen LogP contribution in [0, 0.1) is 0 Å². The highest BCUT2D eigenvalue weighted by Crippen LogP contribution is 2.33. The normalized spacial score (nSPS) is 11.3. The lowest BCUT2D eigenvalue weighted by atomic mass is 9.80. The van der Waals surface area contributed by atoms with E-state index in [4.69, 9.17) is 0 Å². The molecule has 23 heavy (non-hydrogen) atoms. The van der Waals surface area contributed by atoms with Gasteiger partial charge in [0.15, 0.2) is 0 Å². The Morgan fingerprint density at radius 3 is 2.13 bits per heavy atom. The van der Waals surface area contributed by atoms with E-state index in [1.165, 1.54) is 0 Å². The Kier molecular flexibility index (Phi) is 3.49. The molecule has 0 spiro atoms. The summed E-state index contributed by atoms with van der Waals surface area (Å²) in [6.45, 7) is 0. The largest absolute Gasteiger partial charge is 0.488 e. The molecule has 0 amide bonds. The first-order valence-corrected chi connectivity index (χ1v) is 8.09. The van der Waals surface area contributed by atoms with E-state index < -0.39 is 7.12 Å². The molecular weight excluding hydrogens is 353 g/mol. The Hall–Kier alpha value is -2.08. The van der Waals surface area contributed by atoms with Gasteiger partial charge in [0.1, 0.15) is 0 Å². The van der Waals surface area contributed by atoms with Crippen molar-refractivity contribution in [1.82, 2.24) is 4.57 Å². The molecule has 0 aliphatic heterocycles. The van der Waals surface area contributed by atoms with Gasteiger partial charge in [0, 0.05) is 20.9 Å². The Bertz CT molecular complexity index is 1010. The van der Waals surface area contributed by atoms with Gasteiger partial charge in [0.2, 0.25) is 0 Å². The van der Waals surface area contributed by atoms with Gasteiger partial charge in [-0.05, 0) is 41.9 Å². The van der Waals surface area contributed by atoms with Crippen LogP contribution in [0.5, 0.6) is 0 Å². The molecule has 0 atom stereocenters. The summed E-state index contributed by atoms with van der Waals surface area (Å²) in [4.78, 5) is 0. The molecule has 0 fully saturated rings. The van der Waals surface area contributed by atoms with E-state index in [2.05, 4.69) is 44.8 Å². The van der Waals surface area contributed by atoms with Crippen LogP contribution in [-0.2, 0) is 0 Å². The predicted molar refractivity (Wildman–Crippen MR) is 98.3 cm³/mol. The minimum absolute atomic E-state index is 0.490. The summed E-state index contributed by atoms with van der Waals surface area (Å²) in [5.41, 5.74) is 3.68. The smallest absolute Gasteiger partial charge is 0.423 e. The molecule has 0 saturated heterocycles. The number of benzene rings is 3. The number of fused-ring (bicyclic) bond motifs is 3. The van der Waals surface area contributed by atoms with Gasteiger partial charge in [-0.15, -0.1) is 0 Å². The number of nitrogens with zero attached hydrogens (tertiary/aromatic N) is 1. The number of rotatable bonds is 2. The van der Waals surface area contributed by atoms with Crippen LogP contribution in [0.1, 0.15) is 0 Å². The molecular formula is C18H13BBrNO2. The minimum atomic E-state index is -1.47. The third kappa shape index (κ3) is 2.37. The number of hydrogen-bond acceptors (Lipinski definition) is 2. The van der Waals surface area contributed by atoms with E-state index >= 15 is 0 Å². The quantitative estimate of drug-likeness (QED) is 0.536. The number of para-hydroxylation sites is 1. The summed E-state index contributed by atoms with van der Waals surface area (Å²) >= 11 is 3.52. The summed E-state index contributed by atoms with van der Waals surface area (Å²) in [7, 11) is -1.47. The van der Waals surface area contributed by atoms with E-state index in [-0.39, 0.29) is 0 Å². The SMILES string of the molecule is OB(O)c1ccc2c(c1)c1cc(Br)ccc1n2-c1ccccc1. The highest BCUT2D eigenvalue weighted by molar-refractivity contribution is 9.10. The highest BCUT2D eigenvalue weighted by atomic mass is 79.9. The van der Waals surface area contributed by atoms with Crippen LogP contribution in [0.4, 0.5) is 0 Å². The lowest BCUT2D eigenvalue weighted by molar-refractivity contribution is 0.426. The monoisotopic (exact) mass is 365 g/mol. The average molecular weight is 366 g/mol. The van der Waals surface area contributed by atoms with Crippen molar-refractivity contribution in [2.24, 2.45) is 0 Å². The van der Waals surface area contributed by atoms with Gasteiger partial charge >= 0.3 is 7.12 Å². The molecule has 0 radical (unpaired) electrons. The second-order valence-corrected chi connectivity index (χ2v) is 6.40. The summed E-state index contributed by atoms with van der Waals surface area (Å²) < 4.78 is 3.18. The number of aromatic nitrogens is 1. The first kappa shape index (κ1) is 14.5.